The molecule has 3 heterocycles. The lowest BCUT2D eigenvalue weighted by molar-refractivity contribution is -0.152. The zero-order valence-electron chi connectivity index (χ0n) is 17.3. The Labute approximate surface area is 175 Å². The lowest BCUT2D eigenvalue weighted by Gasteiger charge is -2.41. The maximum Gasteiger partial charge on any atom is 0.311 e. The van der Waals surface area contributed by atoms with E-state index in [0.29, 0.717) is 37.7 Å². The molecular formula is C21H29N3O4S. The van der Waals surface area contributed by atoms with Gasteiger partial charge in [-0.05, 0) is 31.6 Å². The second-order valence-corrected chi connectivity index (χ2v) is 10.2. The molecule has 0 aromatic carbocycles. The molecule has 2 atom stereocenters. The van der Waals surface area contributed by atoms with Crippen LogP contribution in [0.15, 0.2) is 11.7 Å². The van der Waals surface area contributed by atoms with E-state index in [4.69, 9.17) is 4.74 Å². The number of piperidine rings is 1. The second-order valence-electron chi connectivity index (χ2n) is 9.29. The number of nitrogens with zero attached hydrogens (tertiary/aromatic N) is 3. The molecule has 3 aliphatic rings. The van der Waals surface area contributed by atoms with Gasteiger partial charge in [0.1, 0.15) is 4.88 Å². The van der Waals surface area contributed by atoms with E-state index in [1.807, 2.05) is 4.90 Å². The van der Waals surface area contributed by atoms with Crippen LogP contribution in [0, 0.1) is 22.7 Å². The van der Waals surface area contributed by atoms with Crippen molar-refractivity contribution >= 4 is 29.1 Å². The standard InChI is InChI=1S/C21H29N3O4S/c1-4-28-19(27)15-11-24(18(26)16-10-22-13-29-16)12-21(15)5-7-23(8-6-21)17(25)14-9-20(14,2)3/h10,13-15H,4-9,11-12H2,1-3H3/t14-,15?/m1/s1. The molecule has 0 radical (unpaired) electrons. The monoisotopic (exact) mass is 419 g/mol. The fraction of sp³-hybridized carbons (Fsp3) is 0.714. The maximum absolute atomic E-state index is 12.9. The van der Waals surface area contributed by atoms with E-state index >= 15 is 0 Å². The largest absolute Gasteiger partial charge is 0.466 e. The summed E-state index contributed by atoms with van der Waals surface area (Å²) in [5, 5.41) is 0. The number of carbonyl (C=O) groups excluding carboxylic acids is 3. The fourth-order valence-corrected chi connectivity index (χ4v) is 5.54. The summed E-state index contributed by atoms with van der Waals surface area (Å²) in [5.74, 6) is -0.264. The Kier molecular flexibility index (Phi) is 5.17. The van der Waals surface area contributed by atoms with Crippen molar-refractivity contribution in [2.24, 2.45) is 22.7 Å². The summed E-state index contributed by atoms with van der Waals surface area (Å²) in [6, 6.07) is 0. The van der Waals surface area contributed by atoms with E-state index < -0.39 is 0 Å². The molecule has 1 spiro atoms. The number of aromatic nitrogens is 1. The lowest BCUT2D eigenvalue weighted by atomic mass is 9.70. The van der Waals surface area contributed by atoms with Gasteiger partial charge < -0.3 is 14.5 Å². The molecule has 8 heteroatoms. The van der Waals surface area contributed by atoms with Crippen LogP contribution in [0.4, 0.5) is 0 Å². The molecule has 2 saturated heterocycles. The van der Waals surface area contributed by atoms with Gasteiger partial charge in [0, 0.05) is 37.5 Å². The van der Waals surface area contributed by atoms with Crippen LogP contribution in [-0.2, 0) is 14.3 Å². The Morgan fingerprint density at radius 1 is 1.21 bits per heavy atom. The van der Waals surface area contributed by atoms with Crippen molar-refractivity contribution in [3.63, 3.8) is 0 Å². The third-order valence-corrected chi connectivity index (χ3v) is 7.79. The van der Waals surface area contributed by atoms with Crippen LogP contribution in [0.3, 0.4) is 0 Å². The van der Waals surface area contributed by atoms with Gasteiger partial charge in [-0.15, -0.1) is 11.3 Å². The predicted octanol–water partition coefficient (Wildman–Crippen LogP) is 2.43. The highest BCUT2D eigenvalue weighted by Gasteiger charge is 2.56. The number of hydrogen-bond donors (Lipinski definition) is 0. The Hall–Kier alpha value is -1.96. The molecule has 1 aliphatic carbocycles. The highest BCUT2D eigenvalue weighted by Crippen LogP contribution is 2.53. The van der Waals surface area contributed by atoms with Gasteiger partial charge in [-0.3, -0.25) is 19.4 Å². The van der Waals surface area contributed by atoms with Gasteiger partial charge in [0.15, 0.2) is 0 Å². The average molecular weight is 420 g/mol. The van der Waals surface area contributed by atoms with Gasteiger partial charge in [0.05, 0.1) is 24.2 Å². The number of esters is 1. The van der Waals surface area contributed by atoms with E-state index in [-0.39, 0.29) is 40.4 Å². The van der Waals surface area contributed by atoms with Crippen molar-refractivity contribution < 1.29 is 19.1 Å². The van der Waals surface area contributed by atoms with Crippen LogP contribution in [0.1, 0.15) is 49.7 Å². The van der Waals surface area contributed by atoms with Crippen molar-refractivity contribution in [3.05, 3.63) is 16.6 Å². The van der Waals surface area contributed by atoms with Gasteiger partial charge in [-0.25, -0.2) is 0 Å². The lowest BCUT2D eigenvalue weighted by Crippen LogP contribution is -2.48. The van der Waals surface area contributed by atoms with Crippen LogP contribution in [0.25, 0.3) is 0 Å². The zero-order valence-corrected chi connectivity index (χ0v) is 18.2. The van der Waals surface area contributed by atoms with Crippen molar-refractivity contribution in [1.82, 2.24) is 14.8 Å². The summed E-state index contributed by atoms with van der Waals surface area (Å²) < 4.78 is 5.35. The summed E-state index contributed by atoms with van der Waals surface area (Å²) in [7, 11) is 0. The summed E-state index contributed by atoms with van der Waals surface area (Å²) in [4.78, 5) is 46.7. The van der Waals surface area contributed by atoms with E-state index in [0.717, 1.165) is 19.3 Å². The van der Waals surface area contributed by atoms with Gasteiger partial charge >= 0.3 is 5.97 Å². The van der Waals surface area contributed by atoms with Crippen LogP contribution in [-0.4, -0.2) is 65.4 Å². The number of amides is 2. The molecule has 0 bridgehead atoms. The van der Waals surface area contributed by atoms with Gasteiger partial charge in [-0.2, -0.15) is 0 Å². The first-order valence-electron chi connectivity index (χ1n) is 10.4. The highest BCUT2D eigenvalue weighted by atomic mass is 32.1. The molecular weight excluding hydrogens is 390 g/mol. The smallest absolute Gasteiger partial charge is 0.311 e. The van der Waals surface area contributed by atoms with Gasteiger partial charge in [0.2, 0.25) is 5.91 Å². The van der Waals surface area contributed by atoms with Gasteiger partial charge in [-0.1, -0.05) is 13.8 Å². The number of rotatable bonds is 4. The minimum Gasteiger partial charge on any atom is -0.466 e. The molecule has 0 N–H and O–H groups in total. The van der Waals surface area contributed by atoms with Crippen LogP contribution < -0.4 is 0 Å². The SMILES string of the molecule is CCOC(=O)C1CN(C(=O)c2cncs2)CC12CCN(C(=O)[C@H]1CC1(C)C)CC2. The summed E-state index contributed by atoms with van der Waals surface area (Å²) >= 11 is 1.32. The molecule has 29 heavy (non-hydrogen) atoms. The normalized spacial score (nSPS) is 27.1. The van der Waals surface area contributed by atoms with Crippen molar-refractivity contribution in [2.45, 2.75) is 40.0 Å². The zero-order chi connectivity index (χ0) is 20.8. The first-order chi connectivity index (χ1) is 13.8. The molecule has 2 amide bonds. The molecule has 1 unspecified atom stereocenters. The molecule has 1 aromatic heterocycles. The summed E-state index contributed by atoms with van der Waals surface area (Å²) in [6.45, 7) is 8.60. The molecule has 1 aromatic rings. The minimum atomic E-state index is -0.339. The van der Waals surface area contributed by atoms with Gasteiger partial charge in [0.25, 0.3) is 5.91 Å². The fourth-order valence-electron chi connectivity index (χ4n) is 4.96. The van der Waals surface area contributed by atoms with Crippen molar-refractivity contribution in [1.29, 1.82) is 0 Å². The average Bonchev–Trinajstić information content (AvgIpc) is 3.09. The first-order valence-corrected chi connectivity index (χ1v) is 11.3. The molecule has 4 rings (SSSR count). The molecule has 7 nitrogen and oxygen atoms in total. The molecule has 2 aliphatic heterocycles. The van der Waals surface area contributed by atoms with Crippen LogP contribution >= 0.6 is 11.3 Å². The van der Waals surface area contributed by atoms with E-state index in [2.05, 4.69) is 18.8 Å². The summed E-state index contributed by atoms with van der Waals surface area (Å²) in [6.07, 6.45) is 3.98. The highest BCUT2D eigenvalue weighted by molar-refractivity contribution is 7.11. The molecule has 1 saturated carbocycles. The topological polar surface area (TPSA) is 79.8 Å². The number of carbonyl (C=O) groups is 3. The van der Waals surface area contributed by atoms with E-state index in [1.165, 1.54) is 11.3 Å². The Bertz CT molecular complexity index is 799. The number of likely N-dealkylation sites (tertiary alicyclic amines) is 2. The van der Waals surface area contributed by atoms with Crippen molar-refractivity contribution in [3.8, 4) is 0 Å². The predicted molar refractivity (Wildman–Crippen MR) is 108 cm³/mol. The van der Waals surface area contributed by atoms with E-state index in [1.54, 1.807) is 23.5 Å². The Morgan fingerprint density at radius 2 is 1.90 bits per heavy atom. The van der Waals surface area contributed by atoms with Crippen LogP contribution in [0.2, 0.25) is 0 Å². The minimum absolute atomic E-state index is 0.0723. The number of thiazole rings is 1. The van der Waals surface area contributed by atoms with Crippen LogP contribution in [0.5, 0.6) is 0 Å². The third-order valence-electron chi connectivity index (χ3n) is 7.03. The summed E-state index contributed by atoms with van der Waals surface area (Å²) in [5.41, 5.74) is 1.44. The first kappa shape index (κ1) is 20.3. The van der Waals surface area contributed by atoms with Crippen molar-refractivity contribution in [2.75, 3.05) is 32.8 Å². The molecule has 158 valence electrons. The number of ether oxygens (including phenoxy) is 1. The maximum atomic E-state index is 12.9. The number of hydrogen-bond acceptors (Lipinski definition) is 6. The third kappa shape index (κ3) is 3.67. The quantitative estimate of drug-likeness (QED) is 0.701. The van der Waals surface area contributed by atoms with E-state index in [9.17, 15) is 14.4 Å². The Morgan fingerprint density at radius 3 is 2.45 bits per heavy atom. The molecule has 3 fully saturated rings. The Balaban J connectivity index is 1.48. The second kappa shape index (κ2) is 7.38.